The second-order valence-corrected chi connectivity index (χ2v) is 6.76. The van der Waals surface area contributed by atoms with Crippen molar-refractivity contribution in [2.24, 2.45) is 0 Å². The van der Waals surface area contributed by atoms with Gasteiger partial charge in [0.05, 0.1) is 10.6 Å². The molecule has 0 aliphatic heterocycles. The summed E-state index contributed by atoms with van der Waals surface area (Å²) in [5.41, 5.74) is 6.80. The predicted octanol–water partition coefficient (Wildman–Crippen LogP) is 3.28. The van der Waals surface area contributed by atoms with Crippen LogP contribution in [0.1, 0.15) is 5.56 Å². The maximum atomic E-state index is 13.0. The summed E-state index contributed by atoms with van der Waals surface area (Å²) in [6.07, 6.45) is 0. The number of benzene rings is 2. The number of halogens is 2. The Bertz CT molecular complexity index is 763. The zero-order valence-electron chi connectivity index (χ0n) is 10.5. The lowest BCUT2D eigenvalue weighted by molar-refractivity contribution is 0.600. The highest BCUT2D eigenvalue weighted by Crippen LogP contribution is 2.27. The van der Waals surface area contributed by atoms with Crippen LogP contribution in [0, 0.1) is 12.7 Å². The maximum Gasteiger partial charge on any atom is 0.262 e. The van der Waals surface area contributed by atoms with E-state index in [9.17, 15) is 12.8 Å². The van der Waals surface area contributed by atoms with E-state index in [-0.39, 0.29) is 10.6 Å². The van der Waals surface area contributed by atoms with E-state index in [0.29, 0.717) is 15.7 Å². The molecular weight excluding hydrogens is 347 g/mol. The zero-order chi connectivity index (χ0) is 14.9. The fraction of sp³-hybridized carbons (Fsp3) is 0.0769. The summed E-state index contributed by atoms with van der Waals surface area (Å²) in [5.74, 6) is -0.458. The average Bonchev–Trinajstić information content (AvgIpc) is 2.35. The van der Waals surface area contributed by atoms with Crippen molar-refractivity contribution in [3.8, 4) is 0 Å². The van der Waals surface area contributed by atoms with Crippen LogP contribution < -0.4 is 10.5 Å². The minimum absolute atomic E-state index is 0.0914. The Morgan fingerprint density at radius 2 is 1.90 bits per heavy atom. The molecule has 0 aliphatic rings. The average molecular weight is 359 g/mol. The molecule has 2 rings (SSSR count). The zero-order valence-corrected chi connectivity index (χ0v) is 12.9. The summed E-state index contributed by atoms with van der Waals surface area (Å²) in [6, 6.07) is 8.35. The first kappa shape index (κ1) is 14.8. The van der Waals surface area contributed by atoms with Crippen LogP contribution in [0.5, 0.6) is 0 Å². The van der Waals surface area contributed by atoms with Crippen molar-refractivity contribution < 1.29 is 12.8 Å². The Labute approximate surface area is 125 Å². The molecule has 2 aromatic rings. The first-order valence-electron chi connectivity index (χ1n) is 5.63. The predicted molar refractivity (Wildman–Crippen MR) is 80.5 cm³/mol. The number of anilines is 2. The van der Waals surface area contributed by atoms with Gasteiger partial charge < -0.3 is 5.73 Å². The molecule has 0 bridgehead atoms. The number of rotatable bonds is 3. The van der Waals surface area contributed by atoms with Gasteiger partial charge in [0.1, 0.15) is 5.82 Å². The SMILES string of the molecule is Cc1ccc(N)cc1S(=O)(=O)Nc1ccc(F)cc1Br. The van der Waals surface area contributed by atoms with Gasteiger partial charge in [-0.15, -0.1) is 0 Å². The van der Waals surface area contributed by atoms with Gasteiger partial charge in [0, 0.05) is 10.2 Å². The summed E-state index contributed by atoms with van der Waals surface area (Å²) in [7, 11) is -3.78. The highest BCUT2D eigenvalue weighted by atomic mass is 79.9. The number of sulfonamides is 1. The van der Waals surface area contributed by atoms with Gasteiger partial charge in [-0.3, -0.25) is 4.72 Å². The molecule has 2 aromatic carbocycles. The number of hydrogen-bond acceptors (Lipinski definition) is 3. The molecule has 3 N–H and O–H groups in total. The van der Waals surface area contributed by atoms with Crippen molar-refractivity contribution in [3.05, 3.63) is 52.3 Å². The Kier molecular flexibility index (Phi) is 4.01. The summed E-state index contributed by atoms with van der Waals surface area (Å²) in [4.78, 5) is 0.0914. The van der Waals surface area contributed by atoms with Crippen LogP contribution in [-0.4, -0.2) is 8.42 Å². The first-order valence-corrected chi connectivity index (χ1v) is 7.91. The summed E-state index contributed by atoms with van der Waals surface area (Å²) >= 11 is 3.11. The smallest absolute Gasteiger partial charge is 0.262 e. The lowest BCUT2D eigenvalue weighted by Gasteiger charge is -2.12. The number of aryl methyl sites for hydroxylation is 1. The van der Waals surface area contributed by atoms with Crippen molar-refractivity contribution in [2.45, 2.75) is 11.8 Å². The molecule has 0 fully saturated rings. The molecule has 0 spiro atoms. The highest BCUT2D eigenvalue weighted by molar-refractivity contribution is 9.10. The third kappa shape index (κ3) is 3.10. The van der Waals surface area contributed by atoms with Crippen LogP contribution in [-0.2, 0) is 10.0 Å². The third-order valence-electron chi connectivity index (χ3n) is 2.68. The molecule has 0 radical (unpaired) electrons. The minimum Gasteiger partial charge on any atom is -0.399 e. The van der Waals surface area contributed by atoms with Crippen LogP contribution in [0.3, 0.4) is 0 Å². The fourth-order valence-electron chi connectivity index (χ4n) is 1.68. The van der Waals surface area contributed by atoms with E-state index >= 15 is 0 Å². The number of hydrogen-bond donors (Lipinski definition) is 2. The van der Waals surface area contributed by atoms with Crippen LogP contribution in [0.25, 0.3) is 0 Å². The Morgan fingerprint density at radius 3 is 2.55 bits per heavy atom. The normalized spacial score (nSPS) is 11.3. The van der Waals surface area contributed by atoms with Gasteiger partial charge >= 0.3 is 0 Å². The molecule has 0 aliphatic carbocycles. The molecule has 4 nitrogen and oxygen atoms in total. The largest absolute Gasteiger partial charge is 0.399 e. The van der Waals surface area contributed by atoms with Gasteiger partial charge in [0.15, 0.2) is 0 Å². The van der Waals surface area contributed by atoms with Crippen molar-refractivity contribution in [3.63, 3.8) is 0 Å². The lowest BCUT2D eigenvalue weighted by Crippen LogP contribution is -2.15. The molecule has 7 heteroatoms. The van der Waals surface area contributed by atoms with Gasteiger partial charge in [0.2, 0.25) is 0 Å². The molecular formula is C13H12BrFN2O2S. The first-order chi connectivity index (χ1) is 9.29. The standard InChI is InChI=1S/C13H12BrFN2O2S/c1-8-2-4-10(16)7-13(8)20(18,19)17-12-5-3-9(15)6-11(12)14/h2-7,17H,16H2,1H3. The van der Waals surface area contributed by atoms with Crippen molar-refractivity contribution in [1.29, 1.82) is 0 Å². The van der Waals surface area contributed by atoms with E-state index in [1.165, 1.54) is 24.3 Å². The monoisotopic (exact) mass is 358 g/mol. The second-order valence-electron chi connectivity index (χ2n) is 4.25. The third-order valence-corrected chi connectivity index (χ3v) is 4.84. The molecule has 20 heavy (non-hydrogen) atoms. The Hall–Kier alpha value is -1.60. The van der Waals surface area contributed by atoms with Crippen LogP contribution in [0.4, 0.5) is 15.8 Å². The van der Waals surface area contributed by atoms with Crippen LogP contribution in [0.15, 0.2) is 45.8 Å². The van der Waals surface area contributed by atoms with E-state index in [1.54, 1.807) is 19.1 Å². The van der Waals surface area contributed by atoms with E-state index in [4.69, 9.17) is 5.73 Å². The van der Waals surface area contributed by atoms with Crippen LogP contribution in [0.2, 0.25) is 0 Å². The van der Waals surface area contributed by atoms with Crippen molar-refractivity contribution in [1.82, 2.24) is 0 Å². The van der Waals surface area contributed by atoms with E-state index in [1.807, 2.05) is 0 Å². The minimum atomic E-state index is -3.78. The highest BCUT2D eigenvalue weighted by Gasteiger charge is 2.18. The van der Waals surface area contributed by atoms with Gasteiger partial charge in [-0.1, -0.05) is 6.07 Å². The van der Waals surface area contributed by atoms with E-state index < -0.39 is 15.8 Å². The van der Waals surface area contributed by atoms with Gasteiger partial charge in [-0.2, -0.15) is 0 Å². The molecule has 106 valence electrons. The molecule has 0 unspecified atom stereocenters. The Balaban J connectivity index is 2.43. The summed E-state index contributed by atoms with van der Waals surface area (Å²) in [6.45, 7) is 1.67. The van der Waals surface area contributed by atoms with Crippen molar-refractivity contribution in [2.75, 3.05) is 10.5 Å². The Morgan fingerprint density at radius 1 is 1.20 bits per heavy atom. The number of nitrogens with two attached hydrogens (primary N) is 1. The number of nitrogen functional groups attached to an aromatic ring is 1. The maximum absolute atomic E-state index is 13.0. The van der Waals surface area contributed by atoms with E-state index in [2.05, 4.69) is 20.7 Å². The molecule has 0 amide bonds. The molecule has 0 aromatic heterocycles. The summed E-state index contributed by atoms with van der Waals surface area (Å²) < 4.78 is 40.4. The number of nitrogens with one attached hydrogen (secondary N) is 1. The second kappa shape index (κ2) is 5.41. The van der Waals surface area contributed by atoms with Gasteiger partial charge in [0.25, 0.3) is 10.0 Å². The molecule has 0 atom stereocenters. The molecule has 0 saturated heterocycles. The fourth-order valence-corrected chi connectivity index (χ4v) is 3.62. The molecule has 0 saturated carbocycles. The van der Waals surface area contributed by atoms with Gasteiger partial charge in [-0.05, 0) is 58.7 Å². The van der Waals surface area contributed by atoms with E-state index in [0.717, 1.165) is 0 Å². The quantitative estimate of drug-likeness (QED) is 0.827. The van der Waals surface area contributed by atoms with Gasteiger partial charge in [-0.25, -0.2) is 12.8 Å². The van der Waals surface area contributed by atoms with Crippen molar-refractivity contribution >= 4 is 37.3 Å². The molecule has 0 heterocycles. The lowest BCUT2D eigenvalue weighted by atomic mass is 10.2. The topological polar surface area (TPSA) is 72.2 Å². The van der Waals surface area contributed by atoms with Crippen LogP contribution >= 0.6 is 15.9 Å². The summed E-state index contributed by atoms with van der Waals surface area (Å²) in [5, 5.41) is 0.